The van der Waals surface area contributed by atoms with E-state index in [2.05, 4.69) is 0 Å². The number of rotatable bonds is 12. The van der Waals surface area contributed by atoms with Crippen molar-refractivity contribution < 1.29 is 19.4 Å². The molecule has 0 spiro atoms. The van der Waals surface area contributed by atoms with E-state index in [-0.39, 0.29) is 10.7 Å². The van der Waals surface area contributed by atoms with Crippen LogP contribution in [0.2, 0.25) is 0 Å². The number of thiazole rings is 1. The molecule has 1 aromatic heterocycles. The molecule has 4 aromatic carbocycles. The average molecular weight is 552 g/mol. The van der Waals surface area contributed by atoms with Gasteiger partial charge in [-0.25, -0.2) is 0 Å². The minimum absolute atomic E-state index is 0.0763. The molecular formula is C33H29NO5S. The van der Waals surface area contributed by atoms with Gasteiger partial charge in [0.1, 0.15) is 12.4 Å². The van der Waals surface area contributed by atoms with Gasteiger partial charge in [0.05, 0.1) is 22.7 Å². The van der Waals surface area contributed by atoms with E-state index in [1.54, 1.807) is 28.8 Å². The minimum Gasteiger partial charge on any atom is -0.492 e. The zero-order chi connectivity index (χ0) is 27.9. The zero-order valence-electron chi connectivity index (χ0n) is 21.9. The number of ether oxygens (including phenoxy) is 1. The van der Waals surface area contributed by atoms with E-state index >= 15 is 0 Å². The third kappa shape index (κ3) is 6.55. The fraction of sp³-hybridized carbons (Fsp3) is 0.182. The Kier molecular flexibility index (Phi) is 8.52. The summed E-state index contributed by atoms with van der Waals surface area (Å²) >= 11 is 1.12. The molecule has 0 aliphatic heterocycles. The fourth-order valence-corrected chi connectivity index (χ4v) is 5.69. The second-order valence-electron chi connectivity index (χ2n) is 9.65. The Morgan fingerprint density at radius 2 is 1.52 bits per heavy atom. The maximum Gasteiger partial charge on any atom is 0.308 e. The number of carboxylic acid groups (broad SMARTS) is 1. The number of hydrogen-bond acceptors (Lipinski definition) is 5. The number of nitrogens with zero attached hydrogens (tertiary/aromatic N) is 1. The predicted molar refractivity (Wildman–Crippen MR) is 157 cm³/mol. The molecule has 1 N–H and O–H groups in total. The number of aryl methyl sites for hydroxylation is 1. The number of hydrogen-bond donors (Lipinski definition) is 1. The summed E-state index contributed by atoms with van der Waals surface area (Å²) in [6.45, 7) is 0.664. The standard InChI is InChI=1S/C33H29NO5S/c35-31(25-9-5-2-6-10-25)26-15-18-29-30(22-26)40-33(38)34(29)19-20-39-28-16-12-24(13-17-28)21-27(32(36)37)14-11-23-7-3-1-4-8-23/h1-10,12-13,15-18,22,27H,11,14,19-21H2,(H,36,37). The van der Waals surface area contributed by atoms with Crippen molar-refractivity contribution >= 4 is 33.3 Å². The largest absolute Gasteiger partial charge is 0.492 e. The quantitative estimate of drug-likeness (QED) is 0.185. The molecule has 1 atom stereocenters. The highest BCUT2D eigenvalue weighted by Crippen LogP contribution is 2.22. The predicted octanol–water partition coefficient (Wildman–Crippen LogP) is 6.25. The van der Waals surface area contributed by atoms with Gasteiger partial charge in [-0.05, 0) is 60.7 Å². The Balaban J connectivity index is 1.17. The van der Waals surface area contributed by atoms with E-state index in [1.165, 1.54) is 0 Å². The normalized spacial score (nSPS) is 11.8. The van der Waals surface area contributed by atoms with Crippen LogP contribution in [0.5, 0.6) is 5.75 Å². The lowest BCUT2D eigenvalue weighted by molar-refractivity contribution is -0.141. The molecule has 6 nitrogen and oxygen atoms in total. The number of aliphatic carboxylic acids is 1. The molecule has 0 aliphatic carbocycles. The Hall–Kier alpha value is -4.49. The maximum atomic E-state index is 12.8. The van der Waals surface area contributed by atoms with Crippen molar-refractivity contribution in [2.45, 2.75) is 25.8 Å². The lowest BCUT2D eigenvalue weighted by atomic mass is 9.93. The zero-order valence-corrected chi connectivity index (χ0v) is 22.7. The molecule has 0 fully saturated rings. The Bertz CT molecular complexity index is 1660. The molecule has 7 heteroatoms. The summed E-state index contributed by atoms with van der Waals surface area (Å²) in [5, 5.41) is 9.70. The first-order valence-corrected chi connectivity index (χ1v) is 14.0. The molecule has 1 unspecified atom stereocenters. The number of carboxylic acids is 1. The smallest absolute Gasteiger partial charge is 0.308 e. The molecule has 40 heavy (non-hydrogen) atoms. The first kappa shape index (κ1) is 27.1. The van der Waals surface area contributed by atoms with Crippen molar-refractivity contribution in [1.29, 1.82) is 0 Å². The molecule has 0 saturated carbocycles. The van der Waals surface area contributed by atoms with Crippen molar-refractivity contribution in [1.82, 2.24) is 4.57 Å². The second kappa shape index (κ2) is 12.6. The van der Waals surface area contributed by atoms with Gasteiger partial charge in [-0.3, -0.25) is 19.0 Å². The molecule has 202 valence electrons. The minimum atomic E-state index is -0.791. The highest BCUT2D eigenvalue weighted by Gasteiger charge is 2.18. The lowest BCUT2D eigenvalue weighted by Crippen LogP contribution is -2.18. The van der Waals surface area contributed by atoms with Crippen LogP contribution in [0.4, 0.5) is 0 Å². The molecule has 5 aromatic rings. The number of benzene rings is 4. The molecule has 0 bridgehead atoms. The summed E-state index contributed by atoms with van der Waals surface area (Å²) < 4.78 is 8.31. The van der Waals surface area contributed by atoms with Crippen molar-refractivity contribution in [3.8, 4) is 5.75 Å². The van der Waals surface area contributed by atoms with Gasteiger partial charge in [0, 0.05) is 11.1 Å². The van der Waals surface area contributed by atoms with Crippen molar-refractivity contribution in [2.24, 2.45) is 5.92 Å². The third-order valence-electron chi connectivity index (χ3n) is 6.93. The van der Waals surface area contributed by atoms with Gasteiger partial charge >= 0.3 is 10.8 Å². The summed E-state index contributed by atoms with van der Waals surface area (Å²) in [5.74, 6) is -0.675. The van der Waals surface area contributed by atoms with Gasteiger partial charge in [0.25, 0.3) is 0 Å². The van der Waals surface area contributed by atoms with Gasteiger partial charge < -0.3 is 9.84 Å². The van der Waals surface area contributed by atoms with E-state index in [9.17, 15) is 19.5 Å². The van der Waals surface area contributed by atoms with Crippen molar-refractivity contribution in [3.05, 3.63) is 135 Å². The fourth-order valence-electron chi connectivity index (χ4n) is 4.74. The van der Waals surface area contributed by atoms with Crippen LogP contribution in [0.15, 0.2) is 108 Å². The summed E-state index contributed by atoms with van der Waals surface area (Å²) in [7, 11) is 0. The molecule has 0 amide bonds. The highest BCUT2D eigenvalue weighted by molar-refractivity contribution is 7.16. The van der Waals surface area contributed by atoms with Crippen LogP contribution < -0.4 is 9.61 Å². The molecular weight excluding hydrogens is 522 g/mol. The molecule has 0 aliphatic rings. The monoisotopic (exact) mass is 551 g/mol. The van der Waals surface area contributed by atoms with E-state index in [0.29, 0.717) is 42.9 Å². The van der Waals surface area contributed by atoms with Gasteiger partial charge in [-0.2, -0.15) is 0 Å². The van der Waals surface area contributed by atoms with Crippen LogP contribution in [-0.4, -0.2) is 28.0 Å². The average Bonchev–Trinajstić information content (AvgIpc) is 3.30. The highest BCUT2D eigenvalue weighted by atomic mass is 32.1. The number of carbonyl (C=O) groups excluding carboxylic acids is 1. The van der Waals surface area contributed by atoms with Crippen molar-refractivity contribution in [2.75, 3.05) is 6.61 Å². The summed E-state index contributed by atoms with van der Waals surface area (Å²) in [6, 6.07) is 31.8. The molecule has 1 heterocycles. The van der Waals surface area contributed by atoms with Crippen LogP contribution in [0.25, 0.3) is 10.2 Å². The Morgan fingerprint density at radius 1 is 0.825 bits per heavy atom. The van der Waals surface area contributed by atoms with Crippen molar-refractivity contribution in [3.63, 3.8) is 0 Å². The van der Waals surface area contributed by atoms with Gasteiger partial charge in [-0.15, -0.1) is 0 Å². The van der Waals surface area contributed by atoms with Crippen LogP contribution in [0.1, 0.15) is 33.5 Å². The first-order valence-electron chi connectivity index (χ1n) is 13.2. The van der Waals surface area contributed by atoms with E-state index in [1.807, 2.05) is 78.9 Å². The number of carbonyl (C=O) groups is 2. The summed E-state index contributed by atoms with van der Waals surface area (Å²) in [5.41, 5.74) is 4.01. The van der Waals surface area contributed by atoms with Crippen LogP contribution in [0.3, 0.4) is 0 Å². The maximum absolute atomic E-state index is 12.8. The summed E-state index contributed by atoms with van der Waals surface area (Å²) in [6.07, 6.45) is 1.75. The van der Waals surface area contributed by atoms with Crippen LogP contribution in [-0.2, 0) is 24.2 Å². The second-order valence-corrected chi connectivity index (χ2v) is 10.6. The van der Waals surface area contributed by atoms with E-state index in [4.69, 9.17) is 4.74 Å². The molecule has 0 saturated heterocycles. The Morgan fingerprint density at radius 3 is 2.23 bits per heavy atom. The van der Waals surface area contributed by atoms with E-state index in [0.717, 1.165) is 39.1 Å². The van der Waals surface area contributed by atoms with E-state index < -0.39 is 11.9 Å². The first-order chi connectivity index (χ1) is 19.5. The van der Waals surface area contributed by atoms with Crippen LogP contribution in [0, 0.1) is 5.92 Å². The number of ketones is 1. The third-order valence-corrected chi connectivity index (χ3v) is 7.87. The van der Waals surface area contributed by atoms with Gasteiger partial charge in [-0.1, -0.05) is 84.1 Å². The lowest BCUT2D eigenvalue weighted by Gasteiger charge is -2.13. The number of fused-ring (bicyclic) bond motifs is 1. The Labute approximate surface area is 236 Å². The van der Waals surface area contributed by atoms with Gasteiger partial charge in [0.2, 0.25) is 0 Å². The summed E-state index contributed by atoms with van der Waals surface area (Å²) in [4.78, 5) is 37.2. The van der Waals surface area contributed by atoms with Gasteiger partial charge in [0.15, 0.2) is 5.78 Å². The molecule has 0 radical (unpaired) electrons. The molecule has 5 rings (SSSR count). The number of aromatic nitrogens is 1. The topological polar surface area (TPSA) is 85.6 Å². The SMILES string of the molecule is O=C(c1ccccc1)c1ccc2c(c1)sc(=O)n2CCOc1ccc(CC(CCc2ccccc2)C(=O)O)cc1. The van der Waals surface area contributed by atoms with Crippen LogP contribution >= 0.6 is 11.3 Å².